The lowest BCUT2D eigenvalue weighted by molar-refractivity contribution is -0.125. The molecule has 0 bridgehead atoms. The largest absolute Gasteiger partial charge is 0.369 e. The minimum Gasteiger partial charge on any atom is -0.369 e. The summed E-state index contributed by atoms with van der Waals surface area (Å²) in [4.78, 5) is 16.7. The molecule has 1 amide bonds. The SMILES string of the molecule is Cc1nc2sccn2c1CNCC(C)(C)C(N)=O. The van der Waals surface area contributed by atoms with Gasteiger partial charge in [-0.1, -0.05) is 0 Å². The van der Waals surface area contributed by atoms with Crippen LogP contribution in [-0.2, 0) is 11.3 Å². The van der Waals surface area contributed by atoms with Gasteiger partial charge in [-0.2, -0.15) is 0 Å². The molecule has 6 heteroatoms. The fraction of sp³-hybridized carbons (Fsp3) is 0.500. The van der Waals surface area contributed by atoms with Crippen molar-refractivity contribution < 1.29 is 4.79 Å². The molecule has 0 aliphatic carbocycles. The second-order valence-corrected chi connectivity index (χ2v) is 5.92. The monoisotopic (exact) mass is 266 g/mol. The molecule has 0 saturated carbocycles. The van der Waals surface area contributed by atoms with Crippen molar-refractivity contribution in [2.24, 2.45) is 11.1 Å². The number of imidazole rings is 1. The van der Waals surface area contributed by atoms with Gasteiger partial charge in [-0.3, -0.25) is 9.20 Å². The number of fused-ring (bicyclic) bond motifs is 1. The summed E-state index contributed by atoms with van der Waals surface area (Å²) in [6, 6.07) is 0. The zero-order chi connectivity index (χ0) is 13.3. The lowest BCUT2D eigenvalue weighted by Crippen LogP contribution is -2.40. The highest BCUT2D eigenvalue weighted by Crippen LogP contribution is 2.17. The van der Waals surface area contributed by atoms with Gasteiger partial charge in [0, 0.05) is 24.7 Å². The fourth-order valence-corrected chi connectivity index (χ4v) is 2.51. The average Bonchev–Trinajstić information content (AvgIpc) is 2.81. The van der Waals surface area contributed by atoms with Crippen LogP contribution in [0.4, 0.5) is 0 Å². The zero-order valence-electron chi connectivity index (χ0n) is 10.9. The summed E-state index contributed by atoms with van der Waals surface area (Å²) in [6.45, 7) is 6.91. The fourth-order valence-electron chi connectivity index (χ4n) is 1.73. The van der Waals surface area contributed by atoms with Crippen molar-refractivity contribution in [3.63, 3.8) is 0 Å². The van der Waals surface area contributed by atoms with Crippen LogP contribution in [0, 0.1) is 12.3 Å². The molecular formula is C12H18N4OS. The summed E-state index contributed by atoms with van der Waals surface area (Å²) < 4.78 is 2.07. The topological polar surface area (TPSA) is 72.4 Å². The standard InChI is InChI=1S/C12H18N4OS/c1-8-9(16-4-5-18-11(16)15-8)6-14-7-12(2,3)10(13)17/h4-5,14H,6-7H2,1-3H3,(H2,13,17). The molecule has 0 atom stereocenters. The van der Waals surface area contributed by atoms with Crippen LogP contribution in [0.3, 0.4) is 0 Å². The molecule has 0 aliphatic rings. The van der Waals surface area contributed by atoms with E-state index in [2.05, 4.69) is 14.7 Å². The molecule has 3 N–H and O–H groups in total. The first kappa shape index (κ1) is 13.0. The van der Waals surface area contributed by atoms with Crippen molar-refractivity contribution in [3.8, 4) is 0 Å². The van der Waals surface area contributed by atoms with Crippen molar-refractivity contribution in [3.05, 3.63) is 23.0 Å². The van der Waals surface area contributed by atoms with E-state index in [0.29, 0.717) is 13.1 Å². The van der Waals surface area contributed by atoms with E-state index in [0.717, 1.165) is 16.3 Å². The molecule has 0 fully saturated rings. The highest BCUT2D eigenvalue weighted by molar-refractivity contribution is 7.15. The molecule has 0 radical (unpaired) electrons. The van der Waals surface area contributed by atoms with Crippen LogP contribution in [0.25, 0.3) is 4.96 Å². The van der Waals surface area contributed by atoms with Gasteiger partial charge in [-0.15, -0.1) is 11.3 Å². The van der Waals surface area contributed by atoms with Crippen LogP contribution < -0.4 is 11.1 Å². The van der Waals surface area contributed by atoms with E-state index in [9.17, 15) is 4.79 Å². The van der Waals surface area contributed by atoms with Gasteiger partial charge in [0.2, 0.25) is 5.91 Å². The number of carbonyl (C=O) groups excluding carboxylic acids is 1. The van der Waals surface area contributed by atoms with Crippen LogP contribution in [0.5, 0.6) is 0 Å². The number of carbonyl (C=O) groups is 1. The molecule has 0 aliphatic heterocycles. The van der Waals surface area contributed by atoms with E-state index in [1.54, 1.807) is 11.3 Å². The van der Waals surface area contributed by atoms with Crippen molar-refractivity contribution in [1.82, 2.24) is 14.7 Å². The van der Waals surface area contributed by atoms with Gasteiger partial charge < -0.3 is 11.1 Å². The molecule has 2 aromatic heterocycles. The summed E-state index contributed by atoms with van der Waals surface area (Å²) in [7, 11) is 0. The molecule has 0 saturated heterocycles. The number of thiazole rings is 1. The molecule has 0 unspecified atom stereocenters. The predicted octanol–water partition coefficient (Wildman–Crippen LogP) is 1.31. The molecule has 2 heterocycles. The van der Waals surface area contributed by atoms with Gasteiger partial charge in [-0.05, 0) is 20.8 Å². The van der Waals surface area contributed by atoms with Crippen molar-refractivity contribution in [1.29, 1.82) is 0 Å². The quantitative estimate of drug-likeness (QED) is 0.857. The third kappa shape index (κ3) is 2.39. The van der Waals surface area contributed by atoms with Gasteiger partial charge in [0.15, 0.2) is 4.96 Å². The third-order valence-electron chi connectivity index (χ3n) is 3.09. The molecule has 2 rings (SSSR count). The minimum absolute atomic E-state index is 0.291. The van der Waals surface area contributed by atoms with E-state index in [4.69, 9.17) is 5.73 Å². The van der Waals surface area contributed by atoms with Crippen LogP contribution >= 0.6 is 11.3 Å². The van der Waals surface area contributed by atoms with Gasteiger partial charge in [0.05, 0.1) is 16.8 Å². The van der Waals surface area contributed by atoms with Gasteiger partial charge in [0.1, 0.15) is 0 Å². The highest BCUT2D eigenvalue weighted by Gasteiger charge is 2.24. The normalized spacial score (nSPS) is 12.2. The number of hydrogen-bond donors (Lipinski definition) is 2. The van der Waals surface area contributed by atoms with E-state index in [1.807, 2.05) is 32.3 Å². The molecule has 18 heavy (non-hydrogen) atoms. The number of nitrogens with two attached hydrogens (primary N) is 1. The summed E-state index contributed by atoms with van der Waals surface area (Å²) in [6.07, 6.45) is 2.01. The Labute approximate surface area is 110 Å². The second-order valence-electron chi connectivity index (χ2n) is 5.05. The van der Waals surface area contributed by atoms with E-state index in [1.165, 1.54) is 0 Å². The number of hydrogen-bond acceptors (Lipinski definition) is 4. The Balaban J connectivity index is 2.04. The molecular weight excluding hydrogens is 248 g/mol. The minimum atomic E-state index is -0.535. The lowest BCUT2D eigenvalue weighted by Gasteiger charge is -2.20. The average molecular weight is 266 g/mol. The number of aryl methyl sites for hydroxylation is 1. The first-order valence-electron chi connectivity index (χ1n) is 5.83. The maximum absolute atomic E-state index is 11.2. The lowest BCUT2D eigenvalue weighted by atomic mass is 9.93. The zero-order valence-corrected chi connectivity index (χ0v) is 11.7. The molecule has 2 aromatic rings. The van der Waals surface area contributed by atoms with E-state index < -0.39 is 5.41 Å². The number of nitrogens with one attached hydrogen (secondary N) is 1. The molecule has 98 valence electrons. The van der Waals surface area contributed by atoms with Crippen molar-refractivity contribution in [2.75, 3.05) is 6.54 Å². The maximum atomic E-state index is 11.2. The second kappa shape index (κ2) is 4.70. The number of rotatable bonds is 5. The third-order valence-corrected chi connectivity index (χ3v) is 3.84. The Hall–Kier alpha value is -1.40. The highest BCUT2D eigenvalue weighted by atomic mass is 32.1. The van der Waals surface area contributed by atoms with Crippen molar-refractivity contribution >= 4 is 22.2 Å². The molecule has 5 nitrogen and oxygen atoms in total. The summed E-state index contributed by atoms with van der Waals surface area (Å²) in [5.74, 6) is -0.291. The number of nitrogens with zero attached hydrogens (tertiary/aromatic N) is 2. The number of aromatic nitrogens is 2. The number of amides is 1. The molecule has 0 aromatic carbocycles. The first-order chi connectivity index (χ1) is 8.42. The van der Waals surface area contributed by atoms with Crippen LogP contribution in [0.1, 0.15) is 25.2 Å². The van der Waals surface area contributed by atoms with Crippen LogP contribution in [0.2, 0.25) is 0 Å². The summed E-state index contributed by atoms with van der Waals surface area (Å²) in [5, 5.41) is 5.29. The summed E-state index contributed by atoms with van der Waals surface area (Å²) in [5.41, 5.74) is 6.95. The van der Waals surface area contributed by atoms with Crippen LogP contribution in [0.15, 0.2) is 11.6 Å². The predicted molar refractivity (Wildman–Crippen MR) is 72.5 cm³/mol. The van der Waals surface area contributed by atoms with Gasteiger partial charge in [0.25, 0.3) is 0 Å². The Kier molecular flexibility index (Phi) is 3.41. The van der Waals surface area contributed by atoms with Crippen molar-refractivity contribution in [2.45, 2.75) is 27.3 Å². The number of primary amides is 1. The van der Waals surface area contributed by atoms with Gasteiger partial charge >= 0.3 is 0 Å². The Morgan fingerprint density at radius 1 is 1.61 bits per heavy atom. The smallest absolute Gasteiger partial charge is 0.224 e. The van der Waals surface area contributed by atoms with E-state index >= 15 is 0 Å². The van der Waals surface area contributed by atoms with Gasteiger partial charge in [-0.25, -0.2) is 4.98 Å². The first-order valence-corrected chi connectivity index (χ1v) is 6.71. The van der Waals surface area contributed by atoms with Crippen LogP contribution in [-0.4, -0.2) is 21.8 Å². The molecule has 0 spiro atoms. The maximum Gasteiger partial charge on any atom is 0.224 e. The Morgan fingerprint density at radius 3 is 3.00 bits per heavy atom. The summed E-state index contributed by atoms with van der Waals surface area (Å²) >= 11 is 1.62. The Morgan fingerprint density at radius 2 is 2.33 bits per heavy atom. The van der Waals surface area contributed by atoms with E-state index in [-0.39, 0.29) is 5.91 Å². The Bertz CT molecular complexity index is 570.